The second-order valence-corrected chi connectivity index (χ2v) is 7.52. The van der Waals surface area contributed by atoms with Crippen LogP contribution in [0, 0.1) is 23.2 Å². The zero-order valence-corrected chi connectivity index (χ0v) is 14.2. The Morgan fingerprint density at radius 3 is 2.81 bits per heavy atom. The minimum Gasteiger partial charge on any atom is -0.0807 e. The van der Waals surface area contributed by atoms with Crippen molar-refractivity contribution in [1.82, 2.24) is 0 Å². The summed E-state index contributed by atoms with van der Waals surface area (Å²) < 4.78 is 0. The van der Waals surface area contributed by atoms with Crippen molar-refractivity contribution in [2.75, 3.05) is 0 Å². The van der Waals surface area contributed by atoms with E-state index < -0.39 is 0 Å². The summed E-state index contributed by atoms with van der Waals surface area (Å²) in [4.78, 5) is 0. The third-order valence-electron chi connectivity index (χ3n) is 6.65. The Kier molecular flexibility index (Phi) is 4.43. The molecule has 0 aliphatic heterocycles. The van der Waals surface area contributed by atoms with Crippen molar-refractivity contribution in [3.8, 4) is 0 Å². The third kappa shape index (κ3) is 2.56. The molecular weight excluding hydrogens is 252 g/mol. The van der Waals surface area contributed by atoms with Gasteiger partial charge in [0.05, 0.1) is 0 Å². The molecule has 3 saturated carbocycles. The fourth-order valence-corrected chi connectivity index (χ4v) is 5.68. The van der Waals surface area contributed by atoms with Crippen LogP contribution in [0.5, 0.6) is 0 Å². The zero-order valence-electron chi connectivity index (χ0n) is 14.2. The lowest BCUT2D eigenvalue weighted by Gasteiger charge is -2.50. The van der Waals surface area contributed by atoms with Crippen LogP contribution < -0.4 is 0 Å². The molecule has 4 aliphatic carbocycles. The quantitative estimate of drug-likeness (QED) is 0.479. The molecule has 0 bridgehead atoms. The van der Waals surface area contributed by atoms with Crippen molar-refractivity contribution in [3.63, 3.8) is 0 Å². The van der Waals surface area contributed by atoms with E-state index in [1.165, 1.54) is 44.9 Å². The molecule has 0 aromatic heterocycles. The molecule has 0 amide bonds. The maximum atomic E-state index is 2.59. The van der Waals surface area contributed by atoms with Crippen molar-refractivity contribution < 1.29 is 0 Å². The normalized spacial score (nSPS) is 40.6. The van der Waals surface area contributed by atoms with E-state index in [2.05, 4.69) is 31.2 Å². The van der Waals surface area contributed by atoms with Crippen LogP contribution in [0.25, 0.3) is 0 Å². The highest BCUT2D eigenvalue weighted by molar-refractivity contribution is 5.41. The molecule has 0 saturated heterocycles. The Morgan fingerprint density at radius 2 is 1.95 bits per heavy atom. The van der Waals surface area contributed by atoms with Gasteiger partial charge in [0.1, 0.15) is 0 Å². The maximum Gasteiger partial charge on any atom is -0.0128 e. The summed E-state index contributed by atoms with van der Waals surface area (Å²) in [6, 6.07) is 0. The molecule has 4 aliphatic rings. The minimum atomic E-state index is 0.698. The van der Waals surface area contributed by atoms with Crippen LogP contribution in [0.2, 0.25) is 0 Å². The lowest BCUT2D eigenvalue weighted by Crippen LogP contribution is -2.41. The number of rotatable bonds is 0. The average molecular weight is 284 g/mol. The van der Waals surface area contributed by atoms with Crippen molar-refractivity contribution >= 4 is 0 Å². The lowest BCUT2D eigenvalue weighted by molar-refractivity contribution is 0.0440. The maximum absolute atomic E-state index is 2.59. The van der Waals surface area contributed by atoms with E-state index in [-0.39, 0.29) is 0 Å². The Labute approximate surface area is 131 Å². The molecule has 0 spiro atoms. The van der Waals surface area contributed by atoms with Gasteiger partial charge in [-0.15, -0.1) is 0 Å². The van der Waals surface area contributed by atoms with E-state index in [4.69, 9.17) is 0 Å². The molecule has 0 aromatic rings. The predicted octanol–water partition coefficient (Wildman–Crippen LogP) is 6.45. The third-order valence-corrected chi connectivity index (χ3v) is 6.65. The van der Waals surface area contributed by atoms with Gasteiger partial charge in [-0.05, 0) is 79.3 Å². The molecule has 0 nitrogen and oxygen atoms in total. The zero-order chi connectivity index (χ0) is 14.9. The van der Waals surface area contributed by atoms with Crippen LogP contribution in [0.3, 0.4) is 0 Å². The van der Waals surface area contributed by atoms with E-state index in [1.807, 2.05) is 13.8 Å². The van der Waals surface area contributed by atoms with Gasteiger partial charge < -0.3 is 0 Å². The molecular formula is C21H32. The molecule has 116 valence electrons. The van der Waals surface area contributed by atoms with E-state index in [0.29, 0.717) is 5.41 Å². The van der Waals surface area contributed by atoms with Crippen LogP contribution in [0.1, 0.15) is 72.1 Å². The van der Waals surface area contributed by atoms with E-state index in [0.717, 1.165) is 24.2 Å². The van der Waals surface area contributed by atoms with Gasteiger partial charge in [0.15, 0.2) is 0 Å². The summed E-state index contributed by atoms with van der Waals surface area (Å²) in [6.07, 6.45) is 21.0. The van der Waals surface area contributed by atoms with Crippen LogP contribution >= 0.6 is 0 Å². The molecule has 21 heavy (non-hydrogen) atoms. The molecule has 0 aromatic carbocycles. The molecule has 4 rings (SSSR count). The van der Waals surface area contributed by atoms with Gasteiger partial charge in [-0.2, -0.15) is 0 Å². The molecule has 3 fully saturated rings. The Morgan fingerprint density at radius 1 is 1.10 bits per heavy atom. The highest BCUT2D eigenvalue weighted by atomic mass is 14.5. The molecule has 1 unspecified atom stereocenters. The fourth-order valence-electron chi connectivity index (χ4n) is 5.68. The molecule has 0 heteroatoms. The van der Waals surface area contributed by atoms with Gasteiger partial charge in [0.2, 0.25) is 0 Å². The lowest BCUT2D eigenvalue weighted by atomic mass is 9.55. The summed E-state index contributed by atoms with van der Waals surface area (Å²) in [6.45, 7) is 6.59. The van der Waals surface area contributed by atoms with Gasteiger partial charge in [0.25, 0.3) is 0 Å². The monoisotopic (exact) mass is 284 g/mol. The largest absolute Gasteiger partial charge is 0.0807 e. The van der Waals surface area contributed by atoms with Crippen molar-refractivity contribution in [2.45, 2.75) is 72.1 Å². The smallest absolute Gasteiger partial charge is 0.0128 e. The second-order valence-electron chi connectivity index (χ2n) is 7.52. The SMILES string of the molecule is CC.CC12CCC[C@@H]1[C@H]1CCC3=CCC=CC=C3[C@@H]1CC2. The minimum absolute atomic E-state index is 0.698. The Hall–Kier alpha value is -0.780. The van der Waals surface area contributed by atoms with Crippen LogP contribution in [0.4, 0.5) is 0 Å². The van der Waals surface area contributed by atoms with E-state index in [1.54, 1.807) is 11.1 Å². The van der Waals surface area contributed by atoms with Crippen molar-refractivity contribution in [1.29, 1.82) is 0 Å². The van der Waals surface area contributed by atoms with Gasteiger partial charge in [0, 0.05) is 0 Å². The van der Waals surface area contributed by atoms with Crippen LogP contribution in [-0.4, -0.2) is 0 Å². The molecule has 4 atom stereocenters. The van der Waals surface area contributed by atoms with E-state index in [9.17, 15) is 0 Å². The van der Waals surface area contributed by atoms with Gasteiger partial charge in [-0.1, -0.05) is 51.5 Å². The van der Waals surface area contributed by atoms with Crippen LogP contribution in [0.15, 0.2) is 35.5 Å². The summed E-state index contributed by atoms with van der Waals surface area (Å²) in [5.41, 5.74) is 4.11. The van der Waals surface area contributed by atoms with Gasteiger partial charge in [-0.25, -0.2) is 0 Å². The van der Waals surface area contributed by atoms with Crippen molar-refractivity contribution in [3.05, 3.63) is 35.5 Å². The predicted molar refractivity (Wildman–Crippen MR) is 92.2 cm³/mol. The van der Waals surface area contributed by atoms with E-state index >= 15 is 0 Å². The highest BCUT2D eigenvalue weighted by Gasteiger charge is 2.50. The topological polar surface area (TPSA) is 0 Å². The first-order chi connectivity index (χ1) is 10.3. The number of hydrogen-bond acceptors (Lipinski definition) is 0. The second kappa shape index (κ2) is 6.15. The van der Waals surface area contributed by atoms with Gasteiger partial charge in [-0.3, -0.25) is 0 Å². The van der Waals surface area contributed by atoms with Crippen molar-refractivity contribution in [2.24, 2.45) is 23.2 Å². The average Bonchev–Trinajstić information content (AvgIpc) is 2.76. The molecule has 0 heterocycles. The fraction of sp³-hybridized carbons (Fsp3) is 0.714. The molecule has 0 N–H and O–H groups in total. The van der Waals surface area contributed by atoms with Crippen LogP contribution in [-0.2, 0) is 0 Å². The van der Waals surface area contributed by atoms with Gasteiger partial charge >= 0.3 is 0 Å². The number of hydrogen-bond donors (Lipinski definition) is 0. The Balaban J connectivity index is 0.000000636. The first-order valence-electron chi connectivity index (χ1n) is 9.34. The summed E-state index contributed by atoms with van der Waals surface area (Å²) in [5, 5.41) is 0. The first kappa shape index (κ1) is 15.1. The number of allylic oxidation sites excluding steroid dienone is 6. The highest BCUT2D eigenvalue weighted by Crippen LogP contribution is 2.60. The molecule has 0 radical (unpaired) electrons. The Bertz CT molecular complexity index is 464. The summed E-state index contributed by atoms with van der Waals surface area (Å²) in [7, 11) is 0. The summed E-state index contributed by atoms with van der Waals surface area (Å²) in [5.74, 6) is 2.91. The standard InChI is InChI=1S/C19H26.C2H6/c1-19-12-5-8-18(19)17-10-9-14-6-3-2-4-7-15(14)16(17)11-13-19;1-2/h2,4,6-7,16-18H,3,5,8-13H2,1H3;1-2H3/t16-,17-,18+,19?;/m0./s1. The summed E-state index contributed by atoms with van der Waals surface area (Å²) >= 11 is 0. The first-order valence-corrected chi connectivity index (χ1v) is 9.34. The number of fused-ring (bicyclic) bond motifs is 5.